The van der Waals surface area contributed by atoms with Crippen molar-refractivity contribution < 1.29 is 65.3 Å². The maximum atomic E-state index is 13.4. The molecule has 5 rings (SSSR count). The van der Waals surface area contributed by atoms with Crippen molar-refractivity contribution in [2.45, 2.75) is 42.8 Å². The van der Waals surface area contributed by atoms with Crippen LogP contribution >= 0.6 is 0 Å². The summed E-state index contributed by atoms with van der Waals surface area (Å²) >= 11 is 0. The summed E-state index contributed by atoms with van der Waals surface area (Å²) in [5.41, 5.74) is -11.6. The van der Waals surface area contributed by atoms with Gasteiger partial charge < -0.3 is 34.1 Å². The van der Waals surface area contributed by atoms with Crippen LogP contribution in [0.25, 0.3) is 0 Å². The van der Waals surface area contributed by atoms with Gasteiger partial charge in [-0.05, 0) is 13.0 Å². The monoisotopic (exact) mass is 560 g/mol. The minimum Gasteiger partial charge on any atom is -0.507 e. The molecule has 1 heterocycles. The van der Waals surface area contributed by atoms with E-state index in [1.165, 1.54) is 6.92 Å². The largest absolute Gasteiger partial charge is 0.534 e. The Hall–Kier alpha value is -3.24. The lowest BCUT2D eigenvalue weighted by Gasteiger charge is -2.45. The summed E-state index contributed by atoms with van der Waals surface area (Å²) in [5.74, 6) is -7.07. The molecule has 38 heavy (non-hydrogen) atoms. The predicted molar refractivity (Wildman–Crippen MR) is 117 cm³/mol. The normalized spacial score (nSPS) is 24.5. The summed E-state index contributed by atoms with van der Waals surface area (Å²) in [6, 6.07) is 2.67. The highest BCUT2D eigenvalue weighted by atomic mass is 32.2. The molecular formula is C23H19F3O11S. The van der Waals surface area contributed by atoms with Crippen molar-refractivity contribution in [2.24, 2.45) is 0 Å². The van der Waals surface area contributed by atoms with Crippen molar-refractivity contribution in [2.75, 3.05) is 13.2 Å². The third kappa shape index (κ3) is 3.53. The zero-order valence-electron chi connectivity index (χ0n) is 19.3. The van der Waals surface area contributed by atoms with E-state index >= 15 is 0 Å². The number of alkyl halides is 3. The van der Waals surface area contributed by atoms with Crippen LogP contribution in [0.5, 0.6) is 17.2 Å². The van der Waals surface area contributed by atoms with Gasteiger partial charge in [0.15, 0.2) is 17.3 Å². The van der Waals surface area contributed by atoms with Crippen molar-refractivity contribution in [1.29, 1.82) is 0 Å². The first kappa shape index (κ1) is 26.4. The number of phenolic OH excluding ortho intramolecular Hbond substituents is 2. The van der Waals surface area contributed by atoms with Gasteiger partial charge in [0.1, 0.15) is 17.1 Å². The van der Waals surface area contributed by atoms with Crippen molar-refractivity contribution in [3.05, 3.63) is 51.6 Å². The molecule has 2 atom stereocenters. The van der Waals surface area contributed by atoms with Crippen LogP contribution in [0.4, 0.5) is 13.2 Å². The van der Waals surface area contributed by atoms with E-state index in [0.717, 1.165) is 12.1 Å². The van der Waals surface area contributed by atoms with Gasteiger partial charge in [-0.25, -0.2) is 0 Å². The molecule has 0 spiro atoms. The molecule has 15 heteroatoms. The third-order valence-electron chi connectivity index (χ3n) is 7.04. The quantitative estimate of drug-likeness (QED) is 0.208. The fourth-order valence-electron chi connectivity index (χ4n) is 5.14. The fourth-order valence-corrected chi connectivity index (χ4v) is 5.61. The Morgan fingerprint density at radius 1 is 1.03 bits per heavy atom. The van der Waals surface area contributed by atoms with Crippen LogP contribution in [0.15, 0.2) is 18.2 Å². The van der Waals surface area contributed by atoms with Gasteiger partial charge in [0, 0.05) is 29.5 Å². The van der Waals surface area contributed by atoms with E-state index in [-0.39, 0.29) is 18.8 Å². The molecule has 0 amide bonds. The van der Waals surface area contributed by atoms with Gasteiger partial charge in [-0.1, -0.05) is 12.1 Å². The number of fused-ring (bicyclic) bond motifs is 3. The molecule has 11 nitrogen and oxygen atoms in total. The Morgan fingerprint density at radius 3 is 2.24 bits per heavy atom. The Balaban J connectivity index is 1.68. The molecule has 0 radical (unpaired) electrons. The molecule has 1 fully saturated rings. The molecule has 0 saturated carbocycles. The number of benzene rings is 2. The lowest BCUT2D eigenvalue weighted by molar-refractivity contribution is -0.269. The summed E-state index contributed by atoms with van der Waals surface area (Å²) in [7, 11) is -6.24. The van der Waals surface area contributed by atoms with Crippen LogP contribution in [-0.4, -0.2) is 70.5 Å². The molecule has 2 aromatic carbocycles. The second-order valence-corrected chi connectivity index (χ2v) is 10.8. The number of carbonyl (C=O) groups is 2. The predicted octanol–water partition coefficient (Wildman–Crippen LogP) is 1.58. The van der Waals surface area contributed by atoms with Gasteiger partial charge in [0.25, 0.3) is 0 Å². The maximum absolute atomic E-state index is 13.4. The Kier molecular flexibility index (Phi) is 5.64. The van der Waals surface area contributed by atoms with Gasteiger partial charge in [-0.2, -0.15) is 21.6 Å². The molecule has 0 bridgehead atoms. The lowest BCUT2D eigenvalue weighted by atomic mass is 9.70. The smallest absolute Gasteiger partial charge is 0.507 e. The number of aliphatic hydroxyl groups is 2. The highest BCUT2D eigenvalue weighted by Crippen LogP contribution is 2.53. The van der Waals surface area contributed by atoms with Gasteiger partial charge in [0.05, 0.1) is 36.0 Å². The number of aliphatic hydroxyl groups excluding tert-OH is 1. The lowest BCUT2D eigenvalue weighted by Crippen LogP contribution is -2.57. The van der Waals surface area contributed by atoms with Gasteiger partial charge in [-0.15, -0.1) is 0 Å². The molecule has 204 valence electrons. The Morgan fingerprint density at radius 2 is 1.63 bits per heavy atom. The fraction of sp³-hybridized carbons (Fsp3) is 0.391. The van der Waals surface area contributed by atoms with E-state index in [9.17, 15) is 51.6 Å². The first-order valence-electron chi connectivity index (χ1n) is 11.0. The number of rotatable bonds is 3. The number of hydrogen-bond acceptors (Lipinski definition) is 11. The molecular weight excluding hydrogens is 541 g/mol. The van der Waals surface area contributed by atoms with Gasteiger partial charge >= 0.3 is 15.6 Å². The zero-order chi connectivity index (χ0) is 28.0. The van der Waals surface area contributed by atoms with Gasteiger partial charge in [0.2, 0.25) is 5.78 Å². The number of phenols is 2. The van der Waals surface area contributed by atoms with Gasteiger partial charge in [-0.3, -0.25) is 9.59 Å². The number of carbonyl (C=O) groups excluding carboxylic acids is 2. The molecule has 2 aliphatic carbocycles. The number of aromatic hydroxyl groups is 2. The van der Waals surface area contributed by atoms with E-state index in [2.05, 4.69) is 4.18 Å². The first-order chi connectivity index (χ1) is 17.5. The van der Waals surface area contributed by atoms with Crippen molar-refractivity contribution in [1.82, 2.24) is 0 Å². The summed E-state index contributed by atoms with van der Waals surface area (Å²) in [4.78, 5) is 26.8. The summed E-state index contributed by atoms with van der Waals surface area (Å²) in [5, 5.41) is 44.3. The van der Waals surface area contributed by atoms with Crippen LogP contribution in [0.1, 0.15) is 62.4 Å². The van der Waals surface area contributed by atoms with E-state index in [1.54, 1.807) is 0 Å². The van der Waals surface area contributed by atoms with Crippen LogP contribution in [0.2, 0.25) is 0 Å². The number of hydrogen-bond donors (Lipinski definition) is 4. The van der Waals surface area contributed by atoms with Crippen molar-refractivity contribution in [3.8, 4) is 17.2 Å². The second-order valence-electron chi connectivity index (χ2n) is 9.23. The van der Waals surface area contributed by atoms with E-state index < -0.39 is 103 Å². The number of halogens is 3. The minimum atomic E-state index is -6.24. The molecule has 3 aliphatic rings. The average Bonchev–Trinajstić information content (AvgIpc) is 3.26. The van der Waals surface area contributed by atoms with Crippen LogP contribution in [-0.2, 0) is 26.0 Å². The van der Waals surface area contributed by atoms with Crippen molar-refractivity contribution >= 4 is 21.7 Å². The van der Waals surface area contributed by atoms with Crippen LogP contribution in [0.3, 0.4) is 0 Å². The number of ketones is 2. The van der Waals surface area contributed by atoms with E-state index in [4.69, 9.17) is 9.47 Å². The molecule has 2 aromatic rings. The molecule has 1 aliphatic heterocycles. The summed E-state index contributed by atoms with van der Waals surface area (Å²) in [6.45, 7) is 1.66. The van der Waals surface area contributed by atoms with E-state index in [0.29, 0.717) is 6.07 Å². The topological polar surface area (TPSA) is 177 Å². The van der Waals surface area contributed by atoms with E-state index in [1.807, 2.05) is 0 Å². The third-order valence-corrected chi connectivity index (χ3v) is 8.01. The number of ether oxygens (including phenoxy) is 2. The SMILES string of the molecule is CC1([C@]2(O)Cc3c(O)c4c(c(O)c3[C@@H](O)C2)C(=O)c2c(OS(=O)(=O)C(F)(F)F)cccc2C4=O)OCCO1. The van der Waals surface area contributed by atoms with Crippen LogP contribution < -0.4 is 4.18 Å². The zero-order valence-corrected chi connectivity index (χ0v) is 20.1. The molecule has 4 N–H and O–H groups in total. The summed E-state index contributed by atoms with van der Waals surface area (Å²) < 4.78 is 77.0. The molecule has 0 unspecified atom stereocenters. The minimum absolute atomic E-state index is 0.126. The summed E-state index contributed by atoms with van der Waals surface area (Å²) in [6.07, 6.45) is -2.69. The second kappa shape index (κ2) is 8.13. The first-order valence-corrected chi connectivity index (χ1v) is 12.5. The maximum Gasteiger partial charge on any atom is 0.534 e. The molecule has 1 saturated heterocycles. The molecule has 0 aromatic heterocycles. The highest BCUT2D eigenvalue weighted by molar-refractivity contribution is 7.88. The standard InChI is InChI=1S/C23H19F3O11S/c1-21(35-5-6-36-21)22(32)7-10-13(11(27)8-22)19(30)16-15(18(10)29)17(28)9-3-2-4-12(14(9)20(16)31)37-38(33,34)23(24,25)26/h2-4,11,27,29-30,32H,5-8H2,1H3/t11-,22-/m0/s1. The Labute approximate surface area is 212 Å². The average molecular weight is 560 g/mol. The Bertz CT molecular complexity index is 1510. The highest BCUT2D eigenvalue weighted by Gasteiger charge is 2.57. The van der Waals surface area contributed by atoms with Crippen LogP contribution in [0, 0.1) is 0 Å². The van der Waals surface area contributed by atoms with Crippen molar-refractivity contribution in [3.63, 3.8) is 0 Å².